The molecule has 0 aromatic carbocycles. The molecule has 28 heavy (non-hydrogen) atoms. The van der Waals surface area contributed by atoms with E-state index in [1.54, 1.807) is 11.8 Å². The Kier molecular flexibility index (Phi) is 6.26. The number of carbonyl (C=O) groups is 2. The number of pyridine rings is 1. The van der Waals surface area contributed by atoms with Crippen molar-refractivity contribution in [3.05, 3.63) is 23.9 Å². The lowest BCUT2D eigenvalue weighted by Gasteiger charge is -2.35. The number of hydrogen-bond acceptors (Lipinski definition) is 4. The SMILES string of the molecule is CC(=O)N1CCCC[C@@H]1c1ccc(N(C(=O)OC(C)(C)C)C2CCCC2)nc1. The van der Waals surface area contributed by atoms with Crippen LogP contribution >= 0.6 is 0 Å². The van der Waals surface area contributed by atoms with E-state index in [9.17, 15) is 9.59 Å². The normalized spacial score (nSPS) is 20.9. The summed E-state index contributed by atoms with van der Waals surface area (Å²) in [6.07, 6.45) is 8.81. The van der Waals surface area contributed by atoms with E-state index >= 15 is 0 Å². The van der Waals surface area contributed by atoms with E-state index in [-0.39, 0.29) is 24.1 Å². The summed E-state index contributed by atoms with van der Waals surface area (Å²) >= 11 is 0. The fourth-order valence-corrected chi connectivity index (χ4v) is 4.30. The van der Waals surface area contributed by atoms with E-state index in [2.05, 4.69) is 4.98 Å². The predicted molar refractivity (Wildman–Crippen MR) is 109 cm³/mol. The number of carbonyl (C=O) groups excluding carboxylic acids is 2. The van der Waals surface area contributed by atoms with Gasteiger partial charge < -0.3 is 9.64 Å². The lowest BCUT2D eigenvalue weighted by atomic mass is 9.96. The number of nitrogens with zero attached hydrogens (tertiary/aromatic N) is 3. The maximum atomic E-state index is 12.9. The van der Waals surface area contributed by atoms with Crippen LogP contribution in [0.1, 0.15) is 84.2 Å². The van der Waals surface area contributed by atoms with Gasteiger partial charge in [-0.1, -0.05) is 18.9 Å². The molecule has 2 fully saturated rings. The molecule has 3 rings (SSSR count). The number of amides is 2. The Labute approximate surface area is 168 Å². The number of anilines is 1. The van der Waals surface area contributed by atoms with Crippen LogP contribution in [0.2, 0.25) is 0 Å². The third kappa shape index (κ3) is 4.83. The molecule has 6 heteroatoms. The molecule has 6 nitrogen and oxygen atoms in total. The Bertz CT molecular complexity index is 690. The van der Waals surface area contributed by atoms with Crippen molar-refractivity contribution in [2.75, 3.05) is 11.4 Å². The zero-order valence-corrected chi connectivity index (χ0v) is 17.6. The van der Waals surface area contributed by atoms with E-state index < -0.39 is 5.60 Å². The molecule has 0 radical (unpaired) electrons. The van der Waals surface area contributed by atoms with Gasteiger partial charge in [0.1, 0.15) is 11.4 Å². The summed E-state index contributed by atoms with van der Waals surface area (Å²) in [4.78, 5) is 33.2. The number of ether oxygens (including phenoxy) is 1. The molecule has 1 saturated carbocycles. The second-order valence-electron chi connectivity index (χ2n) is 8.96. The van der Waals surface area contributed by atoms with Crippen LogP contribution in [-0.4, -0.2) is 40.1 Å². The summed E-state index contributed by atoms with van der Waals surface area (Å²) in [7, 11) is 0. The Hall–Kier alpha value is -2.11. The summed E-state index contributed by atoms with van der Waals surface area (Å²) < 4.78 is 5.66. The number of rotatable bonds is 3. The van der Waals surface area contributed by atoms with Crippen molar-refractivity contribution in [3.63, 3.8) is 0 Å². The molecule has 0 spiro atoms. The number of hydrogen-bond donors (Lipinski definition) is 0. The van der Waals surface area contributed by atoms with E-state index in [1.807, 2.05) is 44.0 Å². The highest BCUT2D eigenvalue weighted by Gasteiger charge is 2.33. The first kappa shape index (κ1) is 20.6. The minimum absolute atomic E-state index is 0.0780. The van der Waals surface area contributed by atoms with Gasteiger partial charge in [0.05, 0.1) is 6.04 Å². The maximum absolute atomic E-state index is 12.9. The number of piperidine rings is 1. The van der Waals surface area contributed by atoms with Crippen molar-refractivity contribution in [3.8, 4) is 0 Å². The molecule has 2 heterocycles. The highest BCUT2D eigenvalue weighted by atomic mass is 16.6. The molecule has 1 aromatic heterocycles. The van der Waals surface area contributed by atoms with E-state index in [0.29, 0.717) is 5.82 Å². The summed E-state index contributed by atoms with van der Waals surface area (Å²) in [5, 5.41) is 0. The van der Waals surface area contributed by atoms with Crippen LogP contribution in [-0.2, 0) is 9.53 Å². The van der Waals surface area contributed by atoms with Crippen molar-refractivity contribution in [2.24, 2.45) is 0 Å². The molecule has 0 unspecified atom stereocenters. The molecule has 0 bridgehead atoms. The van der Waals surface area contributed by atoms with Gasteiger partial charge >= 0.3 is 6.09 Å². The summed E-state index contributed by atoms with van der Waals surface area (Å²) in [5.74, 6) is 0.741. The Morgan fingerprint density at radius 3 is 2.36 bits per heavy atom. The molecular formula is C22H33N3O3. The van der Waals surface area contributed by atoms with Gasteiger partial charge in [-0.15, -0.1) is 0 Å². The molecule has 2 amide bonds. The first-order valence-electron chi connectivity index (χ1n) is 10.5. The highest BCUT2D eigenvalue weighted by molar-refractivity contribution is 5.87. The van der Waals surface area contributed by atoms with E-state index in [1.165, 1.54) is 0 Å². The fraction of sp³-hybridized carbons (Fsp3) is 0.682. The van der Waals surface area contributed by atoms with Crippen LogP contribution in [0.15, 0.2) is 18.3 Å². The van der Waals surface area contributed by atoms with Crippen molar-refractivity contribution in [1.29, 1.82) is 0 Å². The van der Waals surface area contributed by atoms with Crippen LogP contribution in [0.4, 0.5) is 10.6 Å². The van der Waals surface area contributed by atoms with Crippen LogP contribution in [0.5, 0.6) is 0 Å². The fourth-order valence-electron chi connectivity index (χ4n) is 4.30. The molecule has 1 saturated heterocycles. The van der Waals surface area contributed by atoms with Gasteiger partial charge in [0, 0.05) is 25.7 Å². The predicted octanol–water partition coefficient (Wildman–Crippen LogP) is 4.84. The quantitative estimate of drug-likeness (QED) is 0.744. The first-order valence-corrected chi connectivity index (χ1v) is 10.5. The van der Waals surface area contributed by atoms with Crippen molar-refractivity contribution >= 4 is 17.8 Å². The van der Waals surface area contributed by atoms with Crippen LogP contribution < -0.4 is 4.90 Å². The molecule has 1 aliphatic carbocycles. The van der Waals surface area contributed by atoms with E-state index in [0.717, 1.165) is 57.1 Å². The molecule has 1 aliphatic heterocycles. The zero-order chi connectivity index (χ0) is 20.3. The van der Waals surface area contributed by atoms with Crippen LogP contribution in [0, 0.1) is 0 Å². The van der Waals surface area contributed by atoms with Crippen molar-refractivity contribution < 1.29 is 14.3 Å². The Morgan fingerprint density at radius 1 is 1.11 bits per heavy atom. The third-order valence-electron chi connectivity index (χ3n) is 5.59. The van der Waals surface area contributed by atoms with E-state index in [4.69, 9.17) is 4.74 Å². The smallest absolute Gasteiger partial charge is 0.416 e. The molecule has 1 atom stereocenters. The molecule has 0 N–H and O–H groups in total. The molecular weight excluding hydrogens is 354 g/mol. The largest absolute Gasteiger partial charge is 0.443 e. The minimum Gasteiger partial charge on any atom is -0.443 e. The topological polar surface area (TPSA) is 62.7 Å². The molecule has 2 aliphatic rings. The lowest BCUT2D eigenvalue weighted by Crippen LogP contribution is -2.43. The zero-order valence-electron chi connectivity index (χ0n) is 17.6. The van der Waals surface area contributed by atoms with Gasteiger partial charge in [-0.05, 0) is 64.5 Å². The lowest BCUT2D eigenvalue weighted by molar-refractivity contribution is -0.132. The minimum atomic E-state index is -0.544. The van der Waals surface area contributed by atoms with Gasteiger partial charge in [-0.25, -0.2) is 9.78 Å². The highest BCUT2D eigenvalue weighted by Crippen LogP contribution is 2.33. The van der Waals surface area contributed by atoms with Gasteiger partial charge in [-0.2, -0.15) is 0 Å². The van der Waals surface area contributed by atoms with Crippen molar-refractivity contribution in [2.45, 2.75) is 90.3 Å². The molecule has 1 aromatic rings. The van der Waals surface area contributed by atoms with Crippen LogP contribution in [0.25, 0.3) is 0 Å². The first-order chi connectivity index (χ1) is 13.3. The van der Waals surface area contributed by atoms with Gasteiger partial charge in [0.25, 0.3) is 0 Å². The number of likely N-dealkylation sites (tertiary alicyclic amines) is 1. The average Bonchev–Trinajstić information content (AvgIpc) is 3.15. The van der Waals surface area contributed by atoms with Gasteiger partial charge in [-0.3, -0.25) is 9.69 Å². The molecule has 154 valence electrons. The summed E-state index contributed by atoms with van der Waals surface area (Å²) in [6, 6.07) is 4.14. The third-order valence-corrected chi connectivity index (χ3v) is 5.59. The summed E-state index contributed by atoms with van der Waals surface area (Å²) in [5.41, 5.74) is 0.493. The second-order valence-corrected chi connectivity index (χ2v) is 8.96. The monoisotopic (exact) mass is 387 g/mol. The second kappa shape index (κ2) is 8.50. The standard InChI is InChI=1S/C22H33N3O3/c1-16(26)24-14-8-7-11-19(24)17-12-13-20(23-15-17)25(18-9-5-6-10-18)21(27)28-22(2,3)4/h12-13,15,18-19H,5-11,14H2,1-4H3/t19-/m1/s1. The van der Waals surface area contributed by atoms with Crippen molar-refractivity contribution in [1.82, 2.24) is 9.88 Å². The Morgan fingerprint density at radius 2 is 1.79 bits per heavy atom. The maximum Gasteiger partial charge on any atom is 0.416 e. The Balaban J connectivity index is 1.83. The van der Waals surface area contributed by atoms with Gasteiger partial charge in [0.2, 0.25) is 5.91 Å². The number of aromatic nitrogens is 1. The van der Waals surface area contributed by atoms with Crippen LogP contribution in [0.3, 0.4) is 0 Å². The average molecular weight is 388 g/mol. The summed E-state index contributed by atoms with van der Waals surface area (Å²) in [6.45, 7) is 8.08. The van der Waals surface area contributed by atoms with Gasteiger partial charge in [0.15, 0.2) is 0 Å².